The van der Waals surface area contributed by atoms with Gasteiger partial charge in [0.1, 0.15) is 0 Å². The van der Waals surface area contributed by atoms with Crippen LogP contribution in [0.1, 0.15) is 0 Å². The lowest BCUT2D eigenvalue weighted by Crippen LogP contribution is -2.17. The summed E-state index contributed by atoms with van der Waals surface area (Å²) in [6.45, 7) is 0. The third kappa shape index (κ3) is 1.15. The minimum Gasteiger partial charge on any atom is -0.480 e. The summed E-state index contributed by atoms with van der Waals surface area (Å²) in [4.78, 5) is 10.7. The number of nitrogens with zero attached hydrogens (tertiary/aromatic N) is 2. The van der Waals surface area contributed by atoms with Crippen molar-refractivity contribution >= 4 is 0 Å². The van der Waals surface area contributed by atoms with Crippen LogP contribution in [0, 0.1) is 0 Å². The second kappa shape index (κ2) is 2.51. The van der Waals surface area contributed by atoms with Crippen LogP contribution in [0.2, 0.25) is 0 Å². The van der Waals surface area contributed by atoms with Gasteiger partial charge in [-0.15, -0.1) is 5.10 Å². The molecule has 10 heavy (non-hydrogen) atoms. The Morgan fingerprint density at radius 1 is 1.60 bits per heavy atom. The number of rotatable bonds is 1. The van der Waals surface area contributed by atoms with Gasteiger partial charge in [0.15, 0.2) is 0 Å². The molecular weight excluding hydrogens is 132 g/mol. The quantitative estimate of drug-likeness (QED) is 0.542. The Kier molecular flexibility index (Phi) is 1.71. The molecule has 1 aromatic heterocycles. The van der Waals surface area contributed by atoms with Crippen molar-refractivity contribution in [2.45, 2.75) is 0 Å². The predicted octanol–water partition coefficient (Wildman–Crippen LogP) is -0.211. The molecule has 0 spiro atoms. The van der Waals surface area contributed by atoms with Crippen molar-refractivity contribution < 1.29 is 4.74 Å². The van der Waals surface area contributed by atoms with Crippen molar-refractivity contribution in [3.8, 4) is 5.88 Å². The van der Waals surface area contributed by atoms with Crippen LogP contribution in [0.4, 0.5) is 0 Å². The van der Waals surface area contributed by atoms with Gasteiger partial charge in [-0.2, -0.15) is 0 Å². The highest BCUT2D eigenvalue weighted by atomic mass is 16.5. The van der Waals surface area contributed by atoms with Crippen molar-refractivity contribution in [1.29, 1.82) is 0 Å². The van der Waals surface area contributed by atoms with Crippen molar-refractivity contribution in [2.75, 3.05) is 7.11 Å². The zero-order valence-corrected chi connectivity index (χ0v) is 5.87. The van der Waals surface area contributed by atoms with Gasteiger partial charge in [0.05, 0.1) is 7.11 Å². The van der Waals surface area contributed by atoms with E-state index >= 15 is 0 Å². The molecule has 4 nitrogen and oxygen atoms in total. The van der Waals surface area contributed by atoms with Gasteiger partial charge in [0.25, 0.3) is 5.56 Å². The van der Waals surface area contributed by atoms with E-state index in [0.29, 0.717) is 5.88 Å². The number of hydrogen-bond donors (Lipinski definition) is 0. The molecule has 0 unspecified atom stereocenters. The molecule has 0 atom stereocenters. The zero-order valence-electron chi connectivity index (χ0n) is 5.87. The number of hydrogen-bond acceptors (Lipinski definition) is 3. The fraction of sp³-hybridized carbons (Fsp3) is 0.333. The molecule has 0 radical (unpaired) electrons. The summed E-state index contributed by atoms with van der Waals surface area (Å²) in [5, 5.41) is 3.77. The Labute approximate surface area is 58.1 Å². The van der Waals surface area contributed by atoms with Crippen LogP contribution < -0.4 is 10.3 Å². The number of ether oxygens (including phenoxy) is 1. The number of methoxy groups -OCH3 is 1. The first kappa shape index (κ1) is 6.80. The molecule has 1 heterocycles. The average molecular weight is 140 g/mol. The molecule has 0 fully saturated rings. The zero-order chi connectivity index (χ0) is 7.56. The average Bonchev–Trinajstić information content (AvgIpc) is 1.95. The lowest BCUT2D eigenvalue weighted by molar-refractivity contribution is 0.382. The van der Waals surface area contributed by atoms with E-state index < -0.39 is 0 Å². The van der Waals surface area contributed by atoms with Gasteiger partial charge >= 0.3 is 0 Å². The van der Waals surface area contributed by atoms with Gasteiger partial charge in [-0.1, -0.05) is 0 Å². The molecule has 0 aromatic carbocycles. The van der Waals surface area contributed by atoms with Crippen molar-refractivity contribution in [3.63, 3.8) is 0 Å². The Morgan fingerprint density at radius 2 is 2.30 bits per heavy atom. The molecule has 0 N–H and O–H groups in total. The van der Waals surface area contributed by atoms with E-state index in [-0.39, 0.29) is 5.56 Å². The first-order valence-electron chi connectivity index (χ1n) is 2.82. The molecule has 0 aliphatic carbocycles. The summed E-state index contributed by atoms with van der Waals surface area (Å²) in [6.07, 6.45) is 0. The normalized spacial score (nSPS) is 9.40. The molecule has 0 aliphatic heterocycles. The molecule has 0 saturated heterocycles. The van der Waals surface area contributed by atoms with E-state index in [2.05, 4.69) is 5.10 Å². The lowest BCUT2D eigenvalue weighted by Gasteiger charge is -1.98. The van der Waals surface area contributed by atoms with Crippen LogP contribution in [-0.4, -0.2) is 16.9 Å². The molecule has 54 valence electrons. The van der Waals surface area contributed by atoms with Gasteiger partial charge in [0, 0.05) is 19.2 Å². The topological polar surface area (TPSA) is 44.1 Å². The van der Waals surface area contributed by atoms with E-state index in [1.165, 1.54) is 23.9 Å². The largest absolute Gasteiger partial charge is 0.480 e. The number of aryl methyl sites for hydroxylation is 1. The standard InChI is InChI=1S/C6H8N2O2/c1-8-6(9)4-3-5(7-8)10-2/h3-4H,1-2H3. The van der Waals surface area contributed by atoms with E-state index in [0.717, 1.165) is 0 Å². The van der Waals surface area contributed by atoms with E-state index in [4.69, 9.17) is 4.74 Å². The summed E-state index contributed by atoms with van der Waals surface area (Å²) in [6, 6.07) is 2.94. The fourth-order valence-corrected chi connectivity index (χ4v) is 0.590. The Morgan fingerprint density at radius 3 is 2.80 bits per heavy atom. The minimum atomic E-state index is -0.138. The van der Waals surface area contributed by atoms with Gasteiger partial charge in [0.2, 0.25) is 5.88 Å². The highest BCUT2D eigenvalue weighted by Gasteiger charge is 1.92. The van der Waals surface area contributed by atoms with Crippen molar-refractivity contribution in [1.82, 2.24) is 9.78 Å². The Bertz CT molecular complexity index is 279. The summed E-state index contributed by atoms with van der Waals surface area (Å²) < 4.78 is 6.00. The third-order valence-electron chi connectivity index (χ3n) is 1.15. The molecule has 0 amide bonds. The van der Waals surface area contributed by atoms with Crippen LogP contribution in [0.15, 0.2) is 16.9 Å². The third-order valence-corrected chi connectivity index (χ3v) is 1.15. The van der Waals surface area contributed by atoms with Gasteiger partial charge in [-0.05, 0) is 0 Å². The second-order valence-corrected chi connectivity index (χ2v) is 1.84. The maximum absolute atomic E-state index is 10.7. The molecule has 1 rings (SSSR count). The van der Waals surface area contributed by atoms with Crippen LogP contribution in [0.25, 0.3) is 0 Å². The van der Waals surface area contributed by atoms with Crippen LogP contribution >= 0.6 is 0 Å². The van der Waals surface area contributed by atoms with E-state index in [9.17, 15) is 4.79 Å². The monoisotopic (exact) mass is 140 g/mol. The van der Waals surface area contributed by atoms with Crippen molar-refractivity contribution in [3.05, 3.63) is 22.5 Å². The first-order valence-corrected chi connectivity index (χ1v) is 2.82. The van der Waals surface area contributed by atoms with Gasteiger partial charge in [-0.3, -0.25) is 4.79 Å². The van der Waals surface area contributed by atoms with Gasteiger partial charge < -0.3 is 4.74 Å². The highest BCUT2D eigenvalue weighted by molar-refractivity contribution is 5.05. The molecule has 0 bridgehead atoms. The summed E-state index contributed by atoms with van der Waals surface area (Å²) in [5.74, 6) is 0.446. The Balaban J connectivity index is 3.17. The smallest absolute Gasteiger partial charge is 0.266 e. The summed E-state index contributed by atoms with van der Waals surface area (Å²) in [7, 11) is 3.08. The van der Waals surface area contributed by atoms with E-state index in [1.807, 2.05) is 0 Å². The van der Waals surface area contributed by atoms with Crippen LogP contribution in [0.3, 0.4) is 0 Å². The lowest BCUT2D eigenvalue weighted by atomic mass is 10.5. The first-order chi connectivity index (χ1) is 4.74. The SMILES string of the molecule is COc1ccc(=O)n(C)n1. The molecule has 4 heteroatoms. The highest BCUT2D eigenvalue weighted by Crippen LogP contribution is 1.97. The van der Waals surface area contributed by atoms with Gasteiger partial charge in [-0.25, -0.2) is 4.68 Å². The number of aromatic nitrogens is 2. The van der Waals surface area contributed by atoms with Crippen LogP contribution in [-0.2, 0) is 7.05 Å². The maximum Gasteiger partial charge on any atom is 0.266 e. The maximum atomic E-state index is 10.7. The molecule has 0 aliphatic rings. The van der Waals surface area contributed by atoms with Crippen molar-refractivity contribution in [2.24, 2.45) is 7.05 Å². The molecular formula is C6H8N2O2. The second-order valence-electron chi connectivity index (χ2n) is 1.84. The fourth-order valence-electron chi connectivity index (χ4n) is 0.590. The molecule has 0 saturated carbocycles. The summed E-state index contributed by atoms with van der Waals surface area (Å²) in [5.41, 5.74) is -0.138. The Hall–Kier alpha value is -1.32. The molecule has 1 aromatic rings. The van der Waals surface area contributed by atoms with E-state index in [1.54, 1.807) is 7.05 Å². The predicted molar refractivity (Wildman–Crippen MR) is 36.0 cm³/mol. The summed E-state index contributed by atoms with van der Waals surface area (Å²) >= 11 is 0. The van der Waals surface area contributed by atoms with Crippen LogP contribution in [0.5, 0.6) is 5.88 Å². The minimum absolute atomic E-state index is 0.138.